The Balaban J connectivity index is 1.74. The van der Waals surface area contributed by atoms with E-state index in [0.29, 0.717) is 0 Å². The van der Waals surface area contributed by atoms with Crippen LogP contribution in [0.15, 0.2) is 77.8 Å². The second-order valence-electron chi connectivity index (χ2n) is 5.90. The Bertz CT molecular complexity index is 1080. The summed E-state index contributed by atoms with van der Waals surface area (Å²) in [5.74, 6) is 12.7. The monoisotopic (exact) mass is 368 g/mol. The summed E-state index contributed by atoms with van der Waals surface area (Å²) < 4.78 is 1.98. The van der Waals surface area contributed by atoms with E-state index in [9.17, 15) is 4.79 Å². The second-order valence-corrected chi connectivity index (χ2v) is 7.15. The van der Waals surface area contributed by atoms with Crippen molar-refractivity contribution in [2.45, 2.75) is 11.8 Å². The molecule has 0 saturated carbocycles. The van der Waals surface area contributed by atoms with Crippen LogP contribution in [-0.2, 0) is 11.8 Å². The van der Waals surface area contributed by atoms with Gasteiger partial charge in [0.25, 0.3) is 5.69 Å². The van der Waals surface area contributed by atoms with E-state index in [4.69, 9.17) is 0 Å². The number of pyridine rings is 1. The maximum absolute atomic E-state index is 11.1. The molecule has 0 amide bonds. The van der Waals surface area contributed by atoms with Gasteiger partial charge in [-0.05, 0) is 42.5 Å². The summed E-state index contributed by atoms with van der Waals surface area (Å²) in [5.41, 5.74) is 3.76. The van der Waals surface area contributed by atoms with Crippen molar-refractivity contribution in [3.05, 3.63) is 95.3 Å². The van der Waals surface area contributed by atoms with Crippen molar-refractivity contribution < 1.29 is 9.36 Å². The summed E-state index contributed by atoms with van der Waals surface area (Å²) in [7, 11) is 1.97. The van der Waals surface area contributed by atoms with Gasteiger partial charge in [0.2, 0.25) is 0 Å². The molecule has 1 aromatic heterocycles. The zero-order valence-corrected chi connectivity index (χ0v) is 16.0. The van der Waals surface area contributed by atoms with Crippen molar-refractivity contribution in [1.82, 2.24) is 0 Å². The van der Waals surface area contributed by atoms with E-state index in [-0.39, 0.29) is 5.12 Å². The molecule has 2 aromatic carbocycles. The van der Waals surface area contributed by atoms with Crippen LogP contribution in [0.1, 0.15) is 29.3 Å². The molecular weight excluding hydrogens is 350 g/mol. The minimum absolute atomic E-state index is 0.0804. The van der Waals surface area contributed by atoms with E-state index in [0.717, 1.165) is 27.3 Å². The SMILES string of the molecule is CC(=O)Sc1ccc(C#Cc2ccc(C#Cc3ccccc3)[n+](C)c2)cc1. The standard InChI is InChI=1S/C24H18NOS/c1-19(26)27-24-16-12-21(13-17-24)8-9-22-11-15-23(25(2)18-22)14-10-20-6-4-3-5-7-20/h3-7,11-13,15-18H,1-2H3/q+1. The summed E-state index contributed by atoms with van der Waals surface area (Å²) in [6.07, 6.45) is 1.97. The summed E-state index contributed by atoms with van der Waals surface area (Å²) in [6, 6.07) is 21.6. The van der Waals surface area contributed by atoms with Gasteiger partial charge in [-0.1, -0.05) is 47.7 Å². The van der Waals surface area contributed by atoms with Crippen LogP contribution in [0.3, 0.4) is 0 Å². The Morgan fingerprint density at radius 3 is 2.04 bits per heavy atom. The van der Waals surface area contributed by atoms with Gasteiger partial charge in [0.15, 0.2) is 11.3 Å². The first-order valence-corrected chi connectivity index (χ1v) is 9.29. The number of thioether (sulfide) groups is 1. The summed E-state index contributed by atoms with van der Waals surface area (Å²) in [6.45, 7) is 1.56. The van der Waals surface area contributed by atoms with Crippen molar-refractivity contribution >= 4 is 16.9 Å². The van der Waals surface area contributed by atoms with E-state index in [1.54, 1.807) is 6.92 Å². The number of aryl methyl sites for hydroxylation is 1. The molecule has 130 valence electrons. The molecule has 0 unspecified atom stereocenters. The van der Waals surface area contributed by atoms with E-state index >= 15 is 0 Å². The Labute approximate surface area is 164 Å². The van der Waals surface area contributed by atoms with Crippen LogP contribution in [0, 0.1) is 23.7 Å². The van der Waals surface area contributed by atoms with Crippen LogP contribution in [0.5, 0.6) is 0 Å². The van der Waals surface area contributed by atoms with Gasteiger partial charge in [0.1, 0.15) is 7.05 Å². The highest BCUT2D eigenvalue weighted by molar-refractivity contribution is 8.13. The number of hydrogen-bond acceptors (Lipinski definition) is 2. The van der Waals surface area contributed by atoms with Gasteiger partial charge in [-0.2, -0.15) is 4.57 Å². The fraction of sp³-hybridized carbons (Fsp3) is 0.0833. The van der Waals surface area contributed by atoms with Crippen LogP contribution in [0.25, 0.3) is 0 Å². The molecule has 27 heavy (non-hydrogen) atoms. The maximum Gasteiger partial charge on any atom is 0.257 e. The zero-order valence-electron chi connectivity index (χ0n) is 15.2. The topological polar surface area (TPSA) is 20.9 Å². The molecule has 0 spiro atoms. The van der Waals surface area contributed by atoms with Gasteiger partial charge in [-0.25, -0.2) is 0 Å². The number of aromatic nitrogens is 1. The van der Waals surface area contributed by atoms with Gasteiger partial charge >= 0.3 is 0 Å². The van der Waals surface area contributed by atoms with Gasteiger partial charge in [0, 0.05) is 34.9 Å². The first-order valence-electron chi connectivity index (χ1n) is 8.47. The zero-order chi connectivity index (χ0) is 19.1. The minimum Gasteiger partial charge on any atom is -0.287 e. The molecular formula is C24H18NOS+. The number of carbonyl (C=O) groups is 1. The molecule has 0 fully saturated rings. The van der Waals surface area contributed by atoms with Crippen LogP contribution < -0.4 is 4.57 Å². The molecule has 3 heteroatoms. The molecule has 1 heterocycles. The third-order valence-corrected chi connectivity index (χ3v) is 4.50. The third-order valence-electron chi connectivity index (χ3n) is 3.71. The van der Waals surface area contributed by atoms with Crippen molar-refractivity contribution in [2.24, 2.45) is 7.05 Å². The largest absolute Gasteiger partial charge is 0.287 e. The Hall–Kier alpha value is -3.27. The fourth-order valence-electron chi connectivity index (χ4n) is 2.39. The first kappa shape index (κ1) is 18.5. The average Bonchev–Trinajstić information content (AvgIpc) is 2.67. The maximum atomic E-state index is 11.1. The van der Waals surface area contributed by atoms with Gasteiger partial charge in [-0.15, -0.1) is 0 Å². The Morgan fingerprint density at radius 2 is 1.37 bits per heavy atom. The summed E-state index contributed by atoms with van der Waals surface area (Å²) in [5, 5.41) is 0.0804. The van der Waals surface area contributed by atoms with E-state index in [2.05, 4.69) is 23.7 Å². The minimum atomic E-state index is 0.0804. The smallest absolute Gasteiger partial charge is 0.257 e. The predicted octanol–water partition coefficient (Wildman–Crippen LogP) is 3.95. The molecule has 2 nitrogen and oxygen atoms in total. The van der Waals surface area contributed by atoms with Crippen LogP contribution in [0.4, 0.5) is 0 Å². The molecule has 0 saturated heterocycles. The average molecular weight is 368 g/mol. The lowest BCUT2D eigenvalue weighted by atomic mass is 10.2. The second kappa shape index (κ2) is 8.90. The molecule has 0 N–H and O–H groups in total. The molecule has 0 aliphatic carbocycles. The fourth-order valence-corrected chi connectivity index (χ4v) is 2.99. The van der Waals surface area contributed by atoms with E-state index < -0.39 is 0 Å². The number of rotatable bonds is 1. The van der Waals surface area contributed by atoms with E-state index in [1.807, 2.05) is 84.5 Å². The first-order chi connectivity index (χ1) is 13.1. The number of benzene rings is 2. The number of nitrogens with zero attached hydrogens (tertiary/aromatic N) is 1. The lowest BCUT2D eigenvalue weighted by Crippen LogP contribution is -2.32. The molecule has 3 aromatic rings. The summed E-state index contributed by atoms with van der Waals surface area (Å²) in [4.78, 5) is 12.0. The quantitative estimate of drug-likeness (QED) is 0.368. The van der Waals surface area contributed by atoms with Gasteiger partial charge in [0.05, 0.1) is 5.56 Å². The molecule has 0 aliphatic heterocycles. The van der Waals surface area contributed by atoms with Crippen molar-refractivity contribution in [1.29, 1.82) is 0 Å². The van der Waals surface area contributed by atoms with Crippen LogP contribution in [0.2, 0.25) is 0 Å². The third kappa shape index (κ3) is 5.61. The van der Waals surface area contributed by atoms with Crippen LogP contribution >= 0.6 is 11.8 Å². The molecule has 0 atom stereocenters. The number of hydrogen-bond donors (Lipinski definition) is 0. The lowest BCUT2D eigenvalue weighted by Gasteiger charge is -1.96. The molecule has 3 rings (SSSR count). The highest BCUT2D eigenvalue weighted by atomic mass is 32.2. The summed E-state index contributed by atoms with van der Waals surface area (Å²) >= 11 is 1.22. The lowest BCUT2D eigenvalue weighted by molar-refractivity contribution is -0.674. The van der Waals surface area contributed by atoms with Gasteiger partial charge < -0.3 is 0 Å². The molecule has 0 aliphatic rings. The van der Waals surface area contributed by atoms with Crippen molar-refractivity contribution in [2.75, 3.05) is 0 Å². The predicted molar refractivity (Wildman–Crippen MR) is 109 cm³/mol. The Morgan fingerprint density at radius 1 is 0.778 bits per heavy atom. The van der Waals surface area contributed by atoms with Crippen LogP contribution in [-0.4, -0.2) is 5.12 Å². The normalized spacial score (nSPS) is 9.56. The molecule has 0 radical (unpaired) electrons. The van der Waals surface area contributed by atoms with E-state index in [1.165, 1.54) is 11.8 Å². The van der Waals surface area contributed by atoms with Gasteiger partial charge in [-0.3, -0.25) is 4.79 Å². The highest BCUT2D eigenvalue weighted by Gasteiger charge is 2.03. The highest BCUT2D eigenvalue weighted by Crippen LogP contribution is 2.18. The van der Waals surface area contributed by atoms with Crippen molar-refractivity contribution in [3.63, 3.8) is 0 Å². The van der Waals surface area contributed by atoms with Crippen molar-refractivity contribution in [3.8, 4) is 23.7 Å². The number of carbonyl (C=O) groups excluding carboxylic acids is 1. The Kier molecular flexibility index (Phi) is 6.10. The molecule has 0 bridgehead atoms.